The fourth-order valence-corrected chi connectivity index (χ4v) is 3.77. The molecule has 0 aliphatic rings. The van der Waals surface area contributed by atoms with Crippen molar-refractivity contribution in [3.05, 3.63) is 54.1 Å². The third kappa shape index (κ3) is 7.03. The number of nitrogens with zero attached hydrogens (tertiary/aromatic N) is 1. The van der Waals surface area contributed by atoms with Gasteiger partial charge in [-0.15, -0.1) is 0 Å². The second-order valence-corrected chi connectivity index (χ2v) is 9.16. The lowest BCUT2D eigenvalue weighted by molar-refractivity contribution is -0.123. The van der Waals surface area contributed by atoms with Crippen molar-refractivity contribution < 1.29 is 22.7 Å². The summed E-state index contributed by atoms with van der Waals surface area (Å²) in [5.41, 5.74) is 1.49. The first-order valence-corrected chi connectivity index (χ1v) is 11.3. The van der Waals surface area contributed by atoms with Crippen LogP contribution in [0.25, 0.3) is 0 Å². The fraction of sp³-hybridized carbons (Fsp3) is 0.409. The first-order valence-electron chi connectivity index (χ1n) is 9.87. The lowest BCUT2D eigenvalue weighted by Gasteiger charge is -2.20. The van der Waals surface area contributed by atoms with Crippen LogP contribution in [-0.2, 0) is 19.6 Å². The summed E-state index contributed by atoms with van der Waals surface area (Å²) in [6.07, 6.45) is 0.915. The summed E-state index contributed by atoms with van der Waals surface area (Å²) in [6, 6.07) is 13.3. The van der Waals surface area contributed by atoms with Gasteiger partial charge in [0.25, 0.3) is 15.9 Å². The molecule has 0 saturated carbocycles. The SMILES string of the molecule is Cc1ccc(S(=O)(=O)N(C)c2ccc(OCC(=O)NCCCOC(C)C)cc2)cc1. The summed E-state index contributed by atoms with van der Waals surface area (Å²) in [5, 5.41) is 2.77. The largest absolute Gasteiger partial charge is 0.484 e. The van der Waals surface area contributed by atoms with E-state index in [4.69, 9.17) is 9.47 Å². The number of carbonyl (C=O) groups excluding carboxylic acids is 1. The van der Waals surface area contributed by atoms with E-state index in [-0.39, 0.29) is 23.5 Å². The van der Waals surface area contributed by atoms with Crippen LogP contribution in [0.2, 0.25) is 0 Å². The molecule has 0 bridgehead atoms. The Morgan fingerprint density at radius 2 is 1.70 bits per heavy atom. The highest BCUT2D eigenvalue weighted by Gasteiger charge is 2.21. The molecule has 0 aliphatic carbocycles. The van der Waals surface area contributed by atoms with Gasteiger partial charge in [-0.1, -0.05) is 17.7 Å². The van der Waals surface area contributed by atoms with Crippen LogP contribution in [-0.4, -0.2) is 47.2 Å². The summed E-state index contributed by atoms with van der Waals surface area (Å²) in [6.45, 7) is 6.85. The number of hydrogen-bond donors (Lipinski definition) is 1. The average molecular weight is 435 g/mol. The summed E-state index contributed by atoms with van der Waals surface area (Å²) >= 11 is 0. The third-order valence-electron chi connectivity index (χ3n) is 4.34. The molecule has 0 spiro atoms. The van der Waals surface area contributed by atoms with Gasteiger partial charge in [-0.3, -0.25) is 9.10 Å². The van der Waals surface area contributed by atoms with Gasteiger partial charge < -0.3 is 14.8 Å². The maximum atomic E-state index is 12.8. The topological polar surface area (TPSA) is 84.9 Å². The highest BCUT2D eigenvalue weighted by atomic mass is 32.2. The minimum atomic E-state index is -3.65. The molecular weight excluding hydrogens is 404 g/mol. The van der Waals surface area contributed by atoms with Gasteiger partial charge in [-0.2, -0.15) is 0 Å². The standard InChI is InChI=1S/C22H30N2O5S/c1-17(2)28-15-5-14-23-22(25)16-29-20-10-8-19(9-11-20)24(4)30(26,27)21-12-6-18(3)7-13-21/h6-13,17H,5,14-16H2,1-4H3,(H,23,25). The smallest absolute Gasteiger partial charge is 0.264 e. The van der Waals surface area contributed by atoms with Gasteiger partial charge in [0.05, 0.1) is 16.7 Å². The van der Waals surface area contributed by atoms with Crippen LogP contribution in [0.4, 0.5) is 5.69 Å². The number of benzene rings is 2. The van der Waals surface area contributed by atoms with E-state index in [0.717, 1.165) is 12.0 Å². The molecule has 0 atom stereocenters. The average Bonchev–Trinajstić information content (AvgIpc) is 2.72. The number of nitrogens with one attached hydrogen (secondary N) is 1. The number of sulfonamides is 1. The zero-order valence-corrected chi connectivity index (χ0v) is 18.7. The predicted octanol–water partition coefficient (Wildman–Crippen LogP) is 3.13. The van der Waals surface area contributed by atoms with Gasteiger partial charge >= 0.3 is 0 Å². The molecule has 2 aromatic rings. The zero-order chi connectivity index (χ0) is 22.1. The van der Waals surface area contributed by atoms with E-state index in [1.807, 2.05) is 20.8 Å². The molecule has 164 valence electrons. The number of anilines is 1. The molecule has 0 heterocycles. The van der Waals surface area contributed by atoms with Gasteiger partial charge in [-0.25, -0.2) is 8.42 Å². The minimum absolute atomic E-state index is 0.109. The van der Waals surface area contributed by atoms with Gasteiger partial charge in [0.15, 0.2) is 6.61 Å². The first-order chi connectivity index (χ1) is 14.2. The van der Waals surface area contributed by atoms with E-state index < -0.39 is 10.0 Å². The predicted molar refractivity (Wildman–Crippen MR) is 117 cm³/mol. The fourth-order valence-electron chi connectivity index (χ4n) is 2.58. The molecule has 0 radical (unpaired) electrons. The van der Waals surface area contributed by atoms with Crippen LogP contribution >= 0.6 is 0 Å². The lowest BCUT2D eigenvalue weighted by Crippen LogP contribution is -2.30. The van der Waals surface area contributed by atoms with Crippen LogP contribution in [0.3, 0.4) is 0 Å². The molecule has 0 fully saturated rings. The van der Waals surface area contributed by atoms with Crippen molar-refractivity contribution in [2.75, 3.05) is 31.1 Å². The van der Waals surface area contributed by atoms with Crippen molar-refractivity contribution >= 4 is 21.6 Å². The molecular formula is C22H30N2O5S. The molecule has 0 saturated heterocycles. The summed E-state index contributed by atoms with van der Waals surface area (Å²) in [4.78, 5) is 12.1. The second kappa shape index (κ2) is 11.0. The maximum Gasteiger partial charge on any atom is 0.264 e. The molecule has 8 heteroatoms. The molecule has 0 aliphatic heterocycles. The molecule has 1 amide bonds. The number of ether oxygens (including phenoxy) is 2. The van der Waals surface area contributed by atoms with Crippen molar-refractivity contribution in [3.63, 3.8) is 0 Å². The Hall–Kier alpha value is -2.58. The van der Waals surface area contributed by atoms with Crippen LogP contribution < -0.4 is 14.4 Å². The van der Waals surface area contributed by atoms with Crippen molar-refractivity contribution in [2.45, 2.75) is 38.2 Å². The van der Waals surface area contributed by atoms with E-state index in [0.29, 0.717) is 24.6 Å². The first kappa shape index (κ1) is 23.7. The Bertz CT molecular complexity index is 910. The molecule has 0 unspecified atom stereocenters. The van der Waals surface area contributed by atoms with Crippen molar-refractivity contribution in [1.29, 1.82) is 0 Å². The second-order valence-electron chi connectivity index (χ2n) is 7.19. The molecule has 30 heavy (non-hydrogen) atoms. The monoisotopic (exact) mass is 434 g/mol. The Kier molecular flexibility index (Phi) is 8.68. The number of hydrogen-bond acceptors (Lipinski definition) is 5. The van der Waals surface area contributed by atoms with Crippen molar-refractivity contribution in [3.8, 4) is 5.75 Å². The van der Waals surface area contributed by atoms with E-state index in [1.54, 1.807) is 48.5 Å². The summed E-state index contributed by atoms with van der Waals surface area (Å²) in [7, 11) is -2.15. The molecule has 1 N–H and O–H groups in total. The maximum absolute atomic E-state index is 12.8. The number of amides is 1. The van der Waals surface area contributed by atoms with Crippen LogP contribution in [0.5, 0.6) is 5.75 Å². The lowest BCUT2D eigenvalue weighted by atomic mass is 10.2. The van der Waals surface area contributed by atoms with E-state index in [9.17, 15) is 13.2 Å². The molecule has 2 rings (SSSR count). The van der Waals surface area contributed by atoms with E-state index in [2.05, 4.69) is 5.32 Å². The Morgan fingerprint density at radius 3 is 2.30 bits per heavy atom. The van der Waals surface area contributed by atoms with Gasteiger partial charge in [-0.05, 0) is 63.6 Å². The zero-order valence-electron chi connectivity index (χ0n) is 17.9. The van der Waals surface area contributed by atoms with Gasteiger partial charge in [0.1, 0.15) is 5.75 Å². The third-order valence-corrected chi connectivity index (χ3v) is 6.14. The Balaban J connectivity index is 1.85. The van der Waals surface area contributed by atoms with Crippen LogP contribution in [0.15, 0.2) is 53.4 Å². The number of aryl methyl sites for hydroxylation is 1. The quantitative estimate of drug-likeness (QED) is 0.549. The number of rotatable bonds is 11. The molecule has 0 aromatic heterocycles. The summed E-state index contributed by atoms with van der Waals surface area (Å²) in [5.74, 6) is 0.265. The van der Waals surface area contributed by atoms with Gasteiger partial charge in [0, 0.05) is 20.2 Å². The van der Waals surface area contributed by atoms with Crippen LogP contribution in [0.1, 0.15) is 25.8 Å². The van der Waals surface area contributed by atoms with E-state index >= 15 is 0 Å². The summed E-state index contributed by atoms with van der Waals surface area (Å²) < 4.78 is 37.6. The Labute approximate surface area is 179 Å². The minimum Gasteiger partial charge on any atom is -0.484 e. The van der Waals surface area contributed by atoms with E-state index in [1.165, 1.54) is 11.4 Å². The molecule has 2 aromatic carbocycles. The van der Waals surface area contributed by atoms with Crippen LogP contribution in [0, 0.1) is 6.92 Å². The van der Waals surface area contributed by atoms with Gasteiger partial charge in [0.2, 0.25) is 0 Å². The van der Waals surface area contributed by atoms with Crippen molar-refractivity contribution in [1.82, 2.24) is 5.32 Å². The normalized spacial score (nSPS) is 11.4. The highest BCUT2D eigenvalue weighted by Crippen LogP contribution is 2.24. The Morgan fingerprint density at radius 1 is 1.07 bits per heavy atom. The van der Waals surface area contributed by atoms with Crippen molar-refractivity contribution in [2.24, 2.45) is 0 Å². The molecule has 7 nitrogen and oxygen atoms in total. The highest BCUT2D eigenvalue weighted by molar-refractivity contribution is 7.92. The number of carbonyl (C=O) groups is 1.